The summed E-state index contributed by atoms with van der Waals surface area (Å²) in [5.74, 6) is 0.522. The second-order valence-corrected chi connectivity index (χ2v) is 4.78. The Bertz CT molecular complexity index is 324. The third-order valence-corrected chi connectivity index (χ3v) is 3.26. The SMILES string of the molecule is CCCNC(CC(C)CC)c1ccccc1F. The molecular formula is C15H24FN. The van der Waals surface area contributed by atoms with Crippen LogP contribution in [0.4, 0.5) is 4.39 Å². The van der Waals surface area contributed by atoms with Crippen LogP contribution < -0.4 is 5.32 Å². The zero-order valence-corrected chi connectivity index (χ0v) is 11.2. The maximum atomic E-state index is 13.8. The number of hydrogen-bond acceptors (Lipinski definition) is 1. The summed E-state index contributed by atoms with van der Waals surface area (Å²) in [6.45, 7) is 7.48. The number of rotatable bonds is 7. The normalized spacial score (nSPS) is 14.6. The second-order valence-electron chi connectivity index (χ2n) is 4.78. The van der Waals surface area contributed by atoms with Gasteiger partial charge in [-0.2, -0.15) is 0 Å². The van der Waals surface area contributed by atoms with E-state index in [1.54, 1.807) is 12.1 Å². The number of hydrogen-bond donors (Lipinski definition) is 1. The maximum absolute atomic E-state index is 13.8. The van der Waals surface area contributed by atoms with Gasteiger partial charge >= 0.3 is 0 Å². The van der Waals surface area contributed by atoms with Crippen molar-refractivity contribution in [3.8, 4) is 0 Å². The van der Waals surface area contributed by atoms with Gasteiger partial charge in [-0.15, -0.1) is 0 Å². The monoisotopic (exact) mass is 237 g/mol. The Morgan fingerprint density at radius 3 is 2.53 bits per heavy atom. The predicted molar refractivity (Wildman–Crippen MR) is 71.5 cm³/mol. The predicted octanol–water partition coefficient (Wildman–Crippen LogP) is 4.30. The van der Waals surface area contributed by atoms with Gasteiger partial charge < -0.3 is 5.32 Å². The molecule has 0 fully saturated rings. The minimum atomic E-state index is -0.0931. The Morgan fingerprint density at radius 2 is 1.94 bits per heavy atom. The van der Waals surface area contributed by atoms with E-state index in [1.165, 1.54) is 0 Å². The Balaban J connectivity index is 2.78. The van der Waals surface area contributed by atoms with Crippen LogP contribution in [0.5, 0.6) is 0 Å². The zero-order chi connectivity index (χ0) is 12.7. The first kappa shape index (κ1) is 14.2. The van der Waals surface area contributed by atoms with E-state index < -0.39 is 0 Å². The van der Waals surface area contributed by atoms with Crippen molar-refractivity contribution in [2.75, 3.05) is 6.54 Å². The van der Waals surface area contributed by atoms with E-state index in [0.29, 0.717) is 5.92 Å². The zero-order valence-electron chi connectivity index (χ0n) is 11.2. The first-order valence-electron chi connectivity index (χ1n) is 6.66. The summed E-state index contributed by atoms with van der Waals surface area (Å²) < 4.78 is 13.8. The molecule has 0 aliphatic rings. The average molecular weight is 237 g/mol. The van der Waals surface area contributed by atoms with Gasteiger partial charge in [0.25, 0.3) is 0 Å². The summed E-state index contributed by atoms with van der Waals surface area (Å²) in [6, 6.07) is 7.25. The maximum Gasteiger partial charge on any atom is 0.127 e. The van der Waals surface area contributed by atoms with E-state index >= 15 is 0 Å². The van der Waals surface area contributed by atoms with Crippen molar-refractivity contribution >= 4 is 0 Å². The summed E-state index contributed by atoms with van der Waals surface area (Å²) in [5.41, 5.74) is 0.807. The van der Waals surface area contributed by atoms with Crippen LogP contribution in [0.2, 0.25) is 0 Å². The number of nitrogens with one attached hydrogen (secondary N) is 1. The molecule has 0 saturated heterocycles. The molecule has 2 unspecified atom stereocenters. The lowest BCUT2D eigenvalue weighted by Gasteiger charge is -2.22. The fourth-order valence-corrected chi connectivity index (χ4v) is 1.97. The molecule has 0 bridgehead atoms. The molecule has 0 saturated carbocycles. The van der Waals surface area contributed by atoms with E-state index in [4.69, 9.17) is 0 Å². The smallest absolute Gasteiger partial charge is 0.127 e. The van der Waals surface area contributed by atoms with Gasteiger partial charge in [-0.3, -0.25) is 0 Å². The van der Waals surface area contributed by atoms with Crippen LogP contribution in [0.1, 0.15) is 51.6 Å². The summed E-state index contributed by atoms with van der Waals surface area (Å²) in [6.07, 6.45) is 3.21. The Labute approximate surface area is 104 Å². The molecule has 0 aromatic heterocycles. The highest BCUT2D eigenvalue weighted by atomic mass is 19.1. The van der Waals surface area contributed by atoms with Crippen LogP contribution in [0.15, 0.2) is 24.3 Å². The molecule has 0 aliphatic carbocycles. The minimum Gasteiger partial charge on any atom is -0.310 e. The molecule has 0 aliphatic heterocycles. The third-order valence-electron chi connectivity index (χ3n) is 3.26. The standard InChI is InChI=1S/C15H24FN/c1-4-10-17-15(11-12(3)5-2)13-8-6-7-9-14(13)16/h6-9,12,15,17H,4-5,10-11H2,1-3H3. The van der Waals surface area contributed by atoms with Gasteiger partial charge in [0.2, 0.25) is 0 Å². The molecule has 17 heavy (non-hydrogen) atoms. The van der Waals surface area contributed by atoms with Crippen molar-refractivity contribution in [1.82, 2.24) is 5.32 Å². The van der Waals surface area contributed by atoms with Crippen LogP contribution in [0, 0.1) is 11.7 Å². The number of benzene rings is 1. The number of halogens is 1. The van der Waals surface area contributed by atoms with Crippen molar-refractivity contribution in [3.05, 3.63) is 35.6 Å². The molecule has 1 aromatic carbocycles. The lowest BCUT2D eigenvalue weighted by molar-refractivity contribution is 0.392. The quantitative estimate of drug-likeness (QED) is 0.745. The summed E-state index contributed by atoms with van der Waals surface area (Å²) in [7, 11) is 0. The van der Waals surface area contributed by atoms with Crippen LogP contribution in [0.3, 0.4) is 0 Å². The first-order valence-corrected chi connectivity index (χ1v) is 6.66. The Kier molecular flexibility index (Phi) is 6.20. The summed E-state index contributed by atoms with van der Waals surface area (Å²) in [4.78, 5) is 0. The third kappa shape index (κ3) is 4.47. The average Bonchev–Trinajstić information content (AvgIpc) is 2.35. The molecular weight excluding hydrogens is 213 g/mol. The highest BCUT2D eigenvalue weighted by Crippen LogP contribution is 2.25. The highest BCUT2D eigenvalue weighted by Gasteiger charge is 2.16. The van der Waals surface area contributed by atoms with Crippen LogP contribution >= 0.6 is 0 Å². The van der Waals surface area contributed by atoms with Gasteiger partial charge in [0.1, 0.15) is 5.82 Å². The second kappa shape index (κ2) is 7.44. The largest absolute Gasteiger partial charge is 0.310 e. The minimum absolute atomic E-state index is 0.0931. The summed E-state index contributed by atoms with van der Waals surface area (Å²) >= 11 is 0. The van der Waals surface area contributed by atoms with Crippen LogP contribution in [0.25, 0.3) is 0 Å². The summed E-state index contributed by atoms with van der Waals surface area (Å²) in [5, 5.41) is 3.45. The molecule has 0 amide bonds. The molecule has 2 heteroatoms. The Hall–Kier alpha value is -0.890. The van der Waals surface area contributed by atoms with E-state index in [-0.39, 0.29) is 11.9 Å². The molecule has 2 atom stereocenters. The van der Waals surface area contributed by atoms with Gasteiger partial charge in [-0.1, -0.05) is 45.4 Å². The van der Waals surface area contributed by atoms with Crippen LogP contribution in [-0.4, -0.2) is 6.54 Å². The van der Waals surface area contributed by atoms with Crippen molar-refractivity contribution in [3.63, 3.8) is 0 Å². The van der Waals surface area contributed by atoms with Gasteiger partial charge in [-0.05, 0) is 31.4 Å². The molecule has 1 N–H and O–H groups in total. The fraction of sp³-hybridized carbons (Fsp3) is 0.600. The van der Waals surface area contributed by atoms with E-state index in [0.717, 1.165) is 31.4 Å². The van der Waals surface area contributed by atoms with E-state index in [2.05, 4.69) is 26.1 Å². The van der Waals surface area contributed by atoms with Gasteiger partial charge in [0.15, 0.2) is 0 Å². The molecule has 0 spiro atoms. The van der Waals surface area contributed by atoms with Crippen molar-refractivity contribution in [2.24, 2.45) is 5.92 Å². The first-order chi connectivity index (χ1) is 8.19. The van der Waals surface area contributed by atoms with E-state index in [9.17, 15) is 4.39 Å². The molecule has 0 heterocycles. The van der Waals surface area contributed by atoms with E-state index in [1.807, 2.05) is 12.1 Å². The Morgan fingerprint density at radius 1 is 1.24 bits per heavy atom. The molecule has 1 aromatic rings. The van der Waals surface area contributed by atoms with Gasteiger partial charge in [0, 0.05) is 11.6 Å². The van der Waals surface area contributed by atoms with Crippen molar-refractivity contribution in [2.45, 2.75) is 46.1 Å². The molecule has 96 valence electrons. The van der Waals surface area contributed by atoms with Crippen LogP contribution in [-0.2, 0) is 0 Å². The topological polar surface area (TPSA) is 12.0 Å². The highest BCUT2D eigenvalue weighted by molar-refractivity contribution is 5.21. The molecule has 1 rings (SSSR count). The fourth-order valence-electron chi connectivity index (χ4n) is 1.97. The van der Waals surface area contributed by atoms with Crippen molar-refractivity contribution < 1.29 is 4.39 Å². The van der Waals surface area contributed by atoms with Gasteiger partial charge in [0.05, 0.1) is 0 Å². The van der Waals surface area contributed by atoms with Crippen molar-refractivity contribution in [1.29, 1.82) is 0 Å². The molecule has 1 nitrogen and oxygen atoms in total. The van der Waals surface area contributed by atoms with Gasteiger partial charge in [-0.25, -0.2) is 4.39 Å². The molecule has 0 radical (unpaired) electrons. The lowest BCUT2D eigenvalue weighted by atomic mass is 9.94. The lowest BCUT2D eigenvalue weighted by Crippen LogP contribution is -2.24.